The van der Waals surface area contributed by atoms with Crippen LogP contribution in [0.4, 0.5) is 0 Å². The number of hydrogen-bond acceptors (Lipinski definition) is 2. The molecule has 1 amide bonds. The Hall–Kier alpha value is -1.51. The van der Waals surface area contributed by atoms with Gasteiger partial charge in [0.1, 0.15) is 5.75 Å². The zero-order chi connectivity index (χ0) is 15.7. The summed E-state index contributed by atoms with van der Waals surface area (Å²) in [6.07, 6.45) is 4.89. The number of hydrogen-bond donors (Lipinski definition) is 0. The van der Waals surface area contributed by atoms with E-state index in [0.29, 0.717) is 6.04 Å². The zero-order valence-corrected chi connectivity index (χ0v) is 14.0. The average Bonchev–Trinajstić information content (AvgIpc) is 3.35. The molecular formula is C19H27NO2. The molecular weight excluding hydrogens is 274 g/mol. The number of nitrogens with zero attached hydrogens (tertiary/aromatic N) is 1. The molecule has 1 aromatic carbocycles. The molecule has 2 aliphatic rings. The highest BCUT2D eigenvalue weighted by Crippen LogP contribution is 2.35. The van der Waals surface area contributed by atoms with E-state index in [4.69, 9.17) is 4.74 Å². The summed E-state index contributed by atoms with van der Waals surface area (Å²) in [5.74, 6) is 1.73. The van der Waals surface area contributed by atoms with Gasteiger partial charge in [0.25, 0.3) is 5.91 Å². The molecule has 2 fully saturated rings. The SMILES string of the molecule is CC(C)(C)c1ccccc1OCC(=O)N(CC1CC1)C1CC1. The van der Waals surface area contributed by atoms with E-state index in [-0.39, 0.29) is 17.9 Å². The molecule has 22 heavy (non-hydrogen) atoms. The number of amides is 1. The first-order chi connectivity index (χ1) is 10.4. The fourth-order valence-corrected chi connectivity index (χ4v) is 2.85. The first kappa shape index (κ1) is 15.4. The van der Waals surface area contributed by atoms with Crippen LogP contribution in [0, 0.1) is 5.92 Å². The monoisotopic (exact) mass is 301 g/mol. The van der Waals surface area contributed by atoms with E-state index in [1.165, 1.54) is 12.8 Å². The van der Waals surface area contributed by atoms with Crippen LogP contribution in [0.25, 0.3) is 0 Å². The van der Waals surface area contributed by atoms with Gasteiger partial charge in [0.05, 0.1) is 0 Å². The molecule has 0 saturated heterocycles. The van der Waals surface area contributed by atoms with Crippen LogP contribution in [-0.4, -0.2) is 30.0 Å². The normalized spacial score (nSPS) is 18.1. The number of para-hydroxylation sites is 1. The Morgan fingerprint density at radius 2 is 1.86 bits per heavy atom. The smallest absolute Gasteiger partial charge is 0.260 e. The quantitative estimate of drug-likeness (QED) is 0.800. The molecule has 0 atom stereocenters. The molecule has 2 aliphatic carbocycles. The second kappa shape index (κ2) is 5.94. The van der Waals surface area contributed by atoms with Gasteiger partial charge in [-0.2, -0.15) is 0 Å². The minimum atomic E-state index is 0.0177. The summed E-state index contributed by atoms with van der Waals surface area (Å²) in [6.45, 7) is 7.60. The predicted octanol–water partition coefficient (Wildman–Crippen LogP) is 3.76. The molecule has 0 bridgehead atoms. The highest BCUT2D eigenvalue weighted by molar-refractivity contribution is 5.78. The van der Waals surface area contributed by atoms with Gasteiger partial charge >= 0.3 is 0 Å². The van der Waals surface area contributed by atoms with Crippen molar-refractivity contribution >= 4 is 5.91 Å². The van der Waals surface area contributed by atoms with E-state index >= 15 is 0 Å². The van der Waals surface area contributed by atoms with Crippen LogP contribution in [-0.2, 0) is 10.2 Å². The molecule has 0 heterocycles. The maximum atomic E-state index is 12.5. The molecule has 0 unspecified atom stereocenters. The topological polar surface area (TPSA) is 29.5 Å². The third kappa shape index (κ3) is 3.82. The molecule has 0 N–H and O–H groups in total. The van der Waals surface area contributed by atoms with Crippen molar-refractivity contribution in [1.29, 1.82) is 0 Å². The van der Waals surface area contributed by atoms with E-state index in [1.54, 1.807) is 0 Å². The molecule has 0 spiro atoms. The third-order valence-corrected chi connectivity index (χ3v) is 4.51. The van der Waals surface area contributed by atoms with E-state index < -0.39 is 0 Å². The van der Waals surface area contributed by atoms with Gasteiger partial charge in [0.2, 0.25) is 0 Å². The van der Waals surface area contributed by atoms with Crippen molar-refractivity contribution < 1.29 is 9.53 Å². The first-order valence-electron chi connectivity index (χ1n) is 8.47. The maximum absolute atomic E-state index is 12.5. The van der Waals surface area contributed by atoms with Crippen LogP contribution in [0.2, 0.25) is 0 Å². The van der Waals surface area contributed by atoms with Gasteiger partial charge in [-0.25, -0.2) is 0 Å². The van der Waals surface area contributed by atoms with Crippen LogP contribution in [0.15, 0.2) is 24.3 Å². The maximum Gasteiger partial charge on any atom is 0.260 e. The van der Waals surface area contributed by atoms with Crippen molar-refractivity contribution in [3.63, 3.8) is 0 Å². The molecule has 0 aromatic heterocycles. The highest BCUT2D eigenvalue weighted by Gasteiger charge is 2.36. The van der Waals surface area contributed by atoms with Crippen LogP contribution in [0.5, 0.6) is 5.75 Å². The summed E-state index contributed by atoms with van der Waals surface area (Å²) < 4.78 is 5.90. The predicted molar refractivity (Wildman–Crippen MR) is 88.1 cm³/mol. The molecule has 3 heteroatoms. The Kier molecular flexibility index (Phi) is 4.16. The van der Waals surface area contributed by atoms with Crippen molar-refractivity contribution in [3.8, 4) is 5.75 Å². The molecule has 1 aromatic rings. The number of ether oxygens (including phenoxy) is 1. The Labute approximate surface area is 133 Å². The number of carbonyl (C=O) groups excluding carboxylic acids is 1. The zero-order valence-electron chi connectivity index (χ0n) is 14.0. The lowest BCUT2D eigenvalue weighted by Crippen LogP contribution is -2.38. The minimum Gasteiger partial charge on any atom is -0.483 e. The fraction of sp³-hybridized carbons (Fsp3) is 0.632. The summed E-state index contributed by atoms with van der Waals surface area (Å²) in [7, 11) is 0. The lowest BCUT2D eigenvalue weighted by molar-refractivity contribution is -0.134. The Morgan fingerprint density at radius 3 is 2.45 bits per heavy atom. The Bertz CT molecular complexity index is 539. The summed E-state index contributed by atoms with van der Waals surface area (Å²) in [4.78, 5) is 14.6. The van der Waals surface area contributed by atoms with Gasteiger partial charge in [-0.15, -0.1) is 0 Å². The van der Waals surface area contributed by atoms with E-state index in [9.17, 15) is 4.79 Å². The van der Waals surface area contributed by atoms with Gasteiger partial charge in [-0.05, 0) is 48.6 Å². The summed E-state index contributed by atoms with van der Waals surface area (Å²) in [5, 5.41) is 0. The van der Waals surface area contributed by atoms with Crippen molar-refractivity contribution in [1.82, 2.24) is 4.90 Å². The Balaban J connectivity index is 1.62. The molecule has 3 nitrogen and oxygen atoms in total. The summed E-state index contributed by atoms with van der Waals surface area (Å²) in [5.41, 5.74) is 1.17. The average molecular weight is 301 g/mol. The molecule has 120 valence electrons. The Morgan fingerprint density at radius 1 is 1.18 bits per heavy atom. The van der Waals surface area contributed by atoms with Gasteiger partial charge in [0.15, 0.2) is 6.61 Å². The van der Waals surface area contributed by atoms with Crippen LogP contribution < -0.4 is 4.74 Å². The van der Waals surface area contributed by atoms with Crippen LogP contribution in [0.3, 0.4) is 0 Å². The van der Waals surface area contributed by atoms with E-state index in [2.05, 4.69) is 31.7 Å². The van der Waals surface area contributed by atoms with Crippen LogP contribution in [0.1, 0.15) is 52.0 Å². The van der Waals surface area contributed by atoms with Gasteiger partial charge in [0, 0.05) is 12.6 Å². The molecule has 0 radical (unpaired) electrons. The number of benzene rings is 1. The van der Waals surface area contributed by atoms with Crippen molar-refractivity contribution in [2.75, 3.05) is 13.2 Å². The largest absolute Gasteiger partial charge is 0.483 e. The molecule has 3 rings (SSSR count). The van der Waals surface area contributed by atoms with Gasteiger partial charge in [-0.1, -0.05) is 39.0 Å². The third-order valence-electron chi connectivity index (χ3n) is 4.51. The second-order valence-electron chi connectivity index (χ2n) is 7.76. The summed E-state index contributed by atoms with van der Waals surface area (Å²) in [6, 6.07) is 8.53. The fourth-order valence-electron chi connectivity index (χ4n) is 2.85. The van der Waals surface area contributed by atoms with Crippen molar-refractivity contribution in [3.05, 3.63) is 29.8 Å². The van der Waals surface area contributed by atoms with E-state index in [1.807, 2.05) is 18.2 Å². The molecule has 2 saturated carbocycles. The molecule has 0 aliphatic heterocycles. The first-order valence-corrected chi connectivity index (χ1v) is 8.47. The van der Waals surface area contributed by atoms with Gasteiger partial charge in [-0.3, -0.25) is 4.79 Å². The van der Waals surface area contributed by atoms with Gasteiger partial charge < -0.3 is 9.64 Å². The standard InChI is InChI=1S/C19H27NO2/c1-19(2,3)16-6-4-5-7-17(16)22-13-18(21)20(15-10-11-15)12-14-8-9-14/h4-7,14-15H,8-13H2,1-3H3. The van der Waals surface area contributed by atoms with Crippen molar-refractivity contribution in [2.24, 2.45) is 5.92 Å². The van der Waals surface area contributed by atoms with Crippen LogP contribution >= 0.6 is 0 Å². The second-order valence-corrected chi connectivity index (χ2v) is 7.76. The summed E-state index contributed by atoms with van der Waals surface area (Å²) >= 11 is 0. The van der Waals surface area contributed by atoms with Crippen molar-refractivity contribution in [2.45, 2.75) is 57.9 Å². The van der Waals surface area contributed by atoms with E-state index in [0.717, 1.165) is 36.6 Å². The number of carbonyl (C=O) groups is 1. The lowest BCUT2D eigenvalue weighted by atomic mass is 9.86. The number of rotatable bonds is 6. The minimum absolute atomic E-state index is 0.0177. The lowest BCUT2D eigenvalue weighted by Gasteiger charge is -2.25. The highest BCUT2D eigenvalue weighted by atomic mass is 16.5.